The minimum absolute atomic E-state index is 0.0349. The highest BCUT2D eigenvalue weighted by Crippen LogP contribution is 2.40. The van der Waals surface area contributed by atoms with E-state index in [0.29, 0.717) is 11.6 Å². The highest BCUT2D eigenvalue weighted by atomic mass is 19.4. The Hall–Kier alpha value is -3.14. The summed E-state index contributed by atoms with van der Waals surface area (Å²) in [5.74, 6) is -1.19. The molecule has 3 rings (SSSR count). The molecule has 0 spiro atoms. The summed E-state index contributed by atoms with van der Waals surface area (Å²) in [6.07, 6.45) is -2.19. The number of halogens is 3. The number of carbonyl (C=O) groups is 1. The number of aryl methyl sites for hydroxylation is 2. The van der Waals surface area contributed by atoms with Crippen LogP contribution in [0.3, 0.4) is 0 Å². The number of oxazole rings is 1. The molecule has 0 radical (unpaired) electrons. The molecule has 7 nitrogen and oxygen atoms in total. The maximum absolute atomic E-state index is 13.5. The summed E-state index contributed by atoms with van der Waals surface area (Å²) in [4.78, 5) is 20.0. The van der Waals surface area contributed by atoms with Gasteiger partial charge in [-0.1, -0.05) is 17.7 Å². The van der Waals surface area contributed by atoms with E-state index in [-0.39, 0.29) is 13.0 Å². The molecule has 2 heterocycles. The summed E-state index contributed by atoms with van der Waals surface area (Å²) in [5, 5.41) is 12.6. The molecule has 0 bridgehead atoms. The Morgan fingerprint density at radius 2 is 1.97 bits per heavy atom. The van der Waals surface area contributed by atoms with Crippen molar-refractivity contribution in [3.63, 3.8) is 0 Å². The van der Waals surface area contributed by atoms with Gasteiger partial charge in [0.25, 0.3) is 0 Å². The van der Waals surface area contributed by atoms with E-state index in [2.05, 4.69) is 15.3 Å². The molecule has 30 heavy (non-hydrogen) atoms. The maximum atomic E-state index is 13.5. The van der Waals surface area contributed by atoms with Gasteiger partial charge in [-0.25, -0.2) is 9.97 Å². The molecular weight excluding hydrogens is 401 g/mol. The van der Waals surface area contributed by atoms with Gasteiger partial charge in [0.05, 0.1) is 12.1 Å². The van der Waals surface area contributed by atoms with Crippen LogP contribution in [0.15, 0.2) is 47.3 Å². The normalized spacial score (nSPS) is 13.8. The van der Waals surface area contributed by atoms with Crippen LogP contribution in [0.4, 0.5) is 13.2 Å². The zero-order valence-electron chi connectivity index (χ0n) is 16.4. The standard InChI is InChI=1S/C20H21F3N4O3/c1-13-3-5-14(6-4-13)17-26-15(12-30-17)7-8-24-16(28)11-19(29,20(21,22)23)18-25-9-10-27(18)2/h3-6,9-10,12,29H,7-8,11H2,1-2H3,(H,24,28). The number of rotatable bonds is 7. The number of aliphatic hydroxyl groups is 1. The lowest BCUT2D eigenvalue weighted by molar-refractivity contribution is -0.271. The average molecular weight is 422 g/mol. The number of nitrogens with zero attached hydrogens (tertiary/aromatic N) is 3. The third-order valence-corrected chi connectivity index (χ3v) is 4.63. The van der Waals surface area contributed by atoms with Gasteiger partial charge in [0.2, 0.25) is 17.4 Å². The molecule has 3 aromatic rings. The Balaban J connectivity index is 1.59. The molecule has 10 heteroatoms. The zero-order valence-corrected chi connectivity index (χ0v) is 16.4. The van der Waals surface area contributed by atoms with Gasteiger partial charge in [-0.2, -0.15) is 13.2 Å². The Morgan fingerprint density at radius 1 is 1.27 bits per heavy atom. The Kier molecular flexibility index (Phi) is 5.97. The van der Waals surface area contributed by atoms with E-state index in [9.17, 15) is 23.1 Å². The van der Waals surface area contributed by atoms with Crippen LogP contribution >= 0.6 is 0 Å². The molecule has 0 saturated carbocycles. The van der Waals surface area contributed by atoms with Crippen LogP contribution in [0.25, 0.3) is 11.5 Å². The predicted octanol–water partition coefficient (Wildman–Crippen LogP) is 2.88. The molecule has 2 N–H and O–H groups in total. The number of carbonyl (C=O) groups excluding carboxylic acids is 1. The first-order valence-corrected chi connectivity index (χ1v) is 9.15. The summed E-state index contributed by atoms with van der Waals surface area (Å²) >= 11 is 0. The number of aromatic nitrogens is 3. The van der Waals surface area contributed by atoms with Crippen molar-refractivity contribution >= 4 is 5.91 Å². The van der Waals surface area contributed by atoms with Crippen molar-refractivity contribution in [2.75, 3.05) is 6.54 Å². The summed E-state index contributed by atoms with van der Waals surface area (Å²) in [6.45, 7) is 1.99. The quantitative estimate of drug-likeness (QED) is 0.611. The average Bonchev–Trinajstić information content (AvgIpc) is 3.30. The first-order valence-electron chi connectivity index (χ1n) is 9.15. The first kappa shape index (κ1) is 21.6. The van der Waals surface area contributed by atoms with Crippen molar-refractivity contribution in [1.82, 2.24) is 19.9 Å². The summed E-state index contributed by atoms with van der Waals surface area (Å²) in [7, 11) is 1.31. The number of hydrogen-bond donors (Lipinski definition) is 2. The number of hydrogen-bond acceptors (Lipinski definition) is 5. The second-order valence-electron chi connectivity index (χ2n) is 7.01. The lowest BCUT2D eigenvalue weighted by atomic mass is 9.97. The van der Waals surface area contributed by atoms with Crippen molar-refractivity contribution in [2.45, 2.75) is 31.5 Å². The van der Waals surface area contributed by atoms with Crippen LogP contribution in [0.1, 0.15) is 23.5 Å². The number of alkyl halides is 3. The van der Waals surface area contributed by atoms with E-state index >= 15 is 0 Å². The van der Waals surface area contributed by atoms with Crippen LogP contribution in [0.5, 0.6) is 0 Å². The molecule has 0 fully saturated rings. The van der Waals surface area contributed by atoms with Gasteiger partial charge in [0.15, 0.2) is 5.82 Å². The van der Waals surface area contributed by atoms with Gasteiger partial charge in [0.1, 0.15) is 6.26 Å². The molecule has 0 aliphatic heterocycles. The highest BCUT2D eigenvalue weighted by molar-refractivity contribution is 5.77. The Bertz CT molecular complexity index is 1010. The molecule has 1 aromatic carbocycles. The number of nitrogens with one attached hydrogen (secondary N) is 1. The van der Waals surface area contributed by atoms with Crippen LogP contribution in [-0.4, -0.2) is 38.3 Å². The molecule has 0 aliphatic carbocycles. The summed E-state index contributed by atoms with van der Waals surface area (Å²) in [6, 6.07) is 7.57. The van der Waals surface area contributed by atoms with E-state index in [0.717, 1.165) is 21.9 Å². The fraction of sp³-hybridized carbons (Fsp3) is 0.350. The molecule has 1 atom stereocenters. The summed E-state index contributed by atoms with van der Waals surface area (Å²) < 4.78 is 46.9. The Labute approximate surface area is 170 Å². The third-order valence-electron chi connectivity index (χ3n) is 4.63. The lowest BCUT2D eigenvalue weighted by Crippen LogP contribution is -2.48. The molecular formula is C20H21F3N4O3. The molecule has 1 unspecified atom stereocenters. The van der Waals surface area contributed by atoms with Crippen LogP contribution in [0.2, 0.25) is 0 Å². The first-order chi connectivity index (χ1) is 14.1. The molecule has 160 valence electrons. The second kappa shape index (κ2) is 8.31. The topological polar surface area (TPSA) is 93.2 Å². The number of imidazole rings is 1. The second-order valence-corrected chi connectivity index (χ2v) is 7.01. The fourth-order valence-corrected chi connectivity index (χ4v) is 2.95. The van der Waals surface area contributed by atoms with E-state index in [1.54, 1.807) is 0 Å². The number of benzene rings is 1. The molecule has 2 aromatic heterocycles. The number of amides is 1. The predicted molar refractivity (Wildman–Crippen MR) is 101 cm³/mol. The monoisotopic (exact) mass is 422 g/mol. The van der Waals surface area contributed by atoms with Crippen molar-refractivity contribution in [3.8, 4) is 11.5 Å². The largest absolute Gasteiger partial charge is 0.444 e. The van der Waals surface area contributed by atoms with Crippen LogP contribution in [-0.2, 0) is 23.9 Å². The van der Waals surface area contributed by atoms with Crippen molar-refractivity contribution in [1.29, 1.82) is 0 Å². The van der Waals surface area contributed by atoms with E-state index in [1.807, 2.05) is 31.2 Å². The van der Waals surface area contributed by atoms with Gasteiger partial charge in [-0.3, -0.25) is 4.79 Å². The van der Waals surface area contributed by atoms with Crippen molar-refractivity contribution < 1.29 is 27.5 Å². The minimum atomic E-state index is -5.07. The Morgan fingerprint density at radius 3 is 2.57 bits per heavy atom. The molecule has 0 aliphatic rings. The molecule has 1 amide bonds. The van der Waals surface area contributed by atoms with Crippen molar-refractivity contribution in [3.05, 3.63) is 60.0 Å². The van der Waals surface area contributed by atoms with E-state index in [4.69, 9.17) is 4.42 Å². The van der Waals surface area contributed by atoms with Gasteiger partial charge in [-0.15, -0.1) is 0 Å². The minimum Gasteiger partial charge on any atom is -0.444 e. The van der Waals surface area contributed by atoms with E-state index in [1.165, 1.54) is 19.5 Å². The zero-order chi connectivity index (χ0) is 21.9. The van der Waals surface area contributed by atoms with Crippen LogP contribution < -0.4 is 5.32 Å². The van der Waals surface area contributed by atoms with Gasteiger partial charge in [-0.05, 0) is 19.1 Å². The van der Waals surface area contributed by atoms with Gasteiger partial charge >= 0.3 is 6.18 Å². The summed E-state index contributed by atoms with van der Waals surface area (Å²) in [5.41, 5.74) is -0.957. The van der Waals surface area contributed by atoms with Gasteiger partial charge < -0.3 is 19.4 Å². The smallest absolute Gasteiger partial charge is 0.425 e. The lowest BCUT2D eigenvalue weighted by Gasteiger charge is -2.29. The van der Waals surface area contributed by atoms with Gasteiger partial charge in [0, 0.05) is 38.0 Å². The highest BCUT2D eigenvalue weighted by Gasteiger charge is 2.58. The van der Waals surface area contributed by atoms with Crippen molar-refractivity contribution in [2.24, 2.45) is 7.05 Å². The molecule has 0 saturated heterocycles. The van der Waals surface area contributed by atoms with Crippen LogP contribution in [0, 0.1) is 6.92 Å². The fourth-order valence-electron chi connectivity index (χ4n) is 2.95. The maximum Gasteiger partial charge on any atom is 0.425 e. The SMILES string of the molecule is Cc1ccc(-c2nc(CCNC(=O)CC(O)(c3nccn3C)C(F)(F)F)co2)cc1. The third kappa shape index (κ3) is 4.54. The van der Waals surface area contributed by atoms with E-state index < -0.39 is 29.9 Å².